The van der Waals surface area contributed by atoms with Gasteiger partial charge in [-0.3, -0.25) is 19.4 Å². The van der Waals surface area contributed by atoms with Crippen molar-refractivity contribution in [3.8, 4) is 5.75 Å². The van der Waals surface area contributed by atoms with Gasteiger partial charge in [0, 0.05) is 65.0 Å². The average Bonchev–Trinajstić information content (AvgIpc) is 2.94. The van der Waals surface area contributed by atoms with Crippen LogP contribution in [0.3, 0.4) is 0 Å². The largest absolute Gasteiger partial charge is 0.493 e. The summed E-state index contributed by atoms with van der Waals surface area (Å²) in [6.07, 6.45) is 3.27. The van der Waals surface area contributed by atoms with Crippen molar-refractivity contribution in [2.75, 3.05) is 66.1 Å². The van der Waals surface area contributed by atoms with Crippen molar-refractivity contribution < 1.29 is 19.1 Å². The minimum Gasteiger partial charge on any atom is -0.493 e. The third-order valence-electron chi connectivity index (χ3n) is 7.23. The van der Waals surface area contributed by atoms with Crippen LogP contribution in [0.15, 0.2) is 48.5 Å². The Labute approximate surface area is 226 Å². The quantitative estimate of drug-likeness (QED) is 0.603. The van der Waals surface area contributed by atoms with Crippen molar-refractivity contribution in [1.29, 1.82) is 0 Å². The number of ether oxygens (including phenoxy) is 2. The fourth-order valence-electron chi connectivity index (χ4n) is 5.06. The number of hydrogen-bond acceptors (Lipinski definition) is 6. The smallest absolute Gasteiger partial charge is 0.234 e. The molecule has 0 aromatic heterocycles. The number of piperazine rings is 1. The Morgan fingerprint density at radius 3 is 2.55 bits per heavy atom. The summed E-state index contributed by atoms with van der Waals surface area (Å²) in [7, 11) is 1.72. The zero-order valence-electron chi connectivity index (χ0n) is 22.7. The van der Waals surface area contributed by atoms with Crippen molar-refractivity contribution in [3.05, 3.63) is 65.2 Å². The van der Waals surface area contributed by atoms with Gasteiger partial charge in [-0.05, 0) is 36.5 Å². The van der Waals surface area contributed by atoms with E-state index in [2.05, 4.69) is 33.3 Å². The predicted octanol–water partition coefficient (Wildman–Crippen LogP) is 2.70. The van der Waals surface area contributed by atoms with E-state index in [0.29, 0.717) is 45.8 Å². The van der Waals surface area contributed by atoms with Crippen LogP contribution < -0.4 is 10.1 Å². The first-order valence-corrected chi connectivity index (χ1v) is 13.9. The average molecular weight is 523 g/mol. The Morgan fingerprint density at radius 1 is 0.947 bits per heavy atom. The van der Waals surface area contributed by atoms with E-state index in [4.69, 9.17) is 9.47 Å². The highest BCUT2D eigenvalue weighted by Gasteiger charge is 2.22. The van der Waals surface area contributed by atoms with Gasteiger partial charge in [0.1, 0.15) is 5.75 Å². The highest BCUT2D eigenvalue weighted by Crippen LogP contribution is 2.24. The number of nitrogens with one attached hydrogen (secondary N) is 1. The Morgan fingerprint density at radius 2 is 1.76 bits per heavy atom. The summed E-state index contributed by atoms with van der Waals surface area (Å²) >= 11 is 0. The van der Waals surface area contributed by atoms with E-state index >= 15 is 0 Å². The van der Waals surface area contributed by atoms with Crippen LogP contribution >= 0.6 is 0 Å². The van der Waals surface area contributed by atoms with Crippen molar-refractivity contribution in [3.63, 3.8) is 0 Å². The maximum absolute atomic E-state index is 13.1. The van der Waals surface area contributed by atoms with Crippen LogP contribution in [0.2, 0.25) is 0 Å². The third-order valence-corrected chi connectivity index (χ3v) is 7.23. The van der Waals surface area contributed by atoms with Gasteiger partial charge in [0.05, 0.1) is 26.2 Å². The molecule has 0 aliphatic carbocycles. The highest BCUT2D eigenvalue weighted by atomic mass is 16.5. The van der Waals surface area contributed by atoms with Gasteiger partial charge in [-0.1, -0.05) is 42.5 Å². The number of carbonyl (C=O) groups is 2. The first-order valence-electron chi connectivity index (χ1n) is 13.9. The number of benzene rings is 2. The number of methoxy groups -OCH3 is 1. The fourth-order valence-corrected chi connectivity index (χ4v) is 5.06. The fraction of sp³-hybridized carbons (Fsp3) is 0.533. The van der Waals surface area contributed by atoms with E-state index in [9.17, 15) is 9.59 Å². The van der Waals surface area contributed by atoms with Gasteiger partial charge >= 0.3 is 0 Å². The molecule has 1 N–H and O–H groups in total. The molecule has 8 heteroatoms. The predicted molar refractivity (Wildman–Crippen MR) is 148 cm³/mol. The van der Waals surface area contributed by atoms with E-state index in [0.717, 1.165) is 74.4 Å². The zero-order chi connectivity index (χ0) is 26.6. The van der Waals surface area contributed by atoms with Gasteiger partial charge in [0.2, 0.25) is 11.8 Å². The highest BCUT2D eigenvalue weighted by molar-refractivity contribution is 5.79. The van der Waals surface area contributed by atoms with Gasteiger partial charge in [-0.25, -0.2) is 0 Å². The van der Waals surface area contributed by atoms with Crippen LogP contribution in [-0.2, 0) is 33.8 Å². The molecule has 0 atom stereocenters. The summed E-state index contributed by atoms with van der Waals surface area (Å²) in [4.78, 5) is 32.3. The second-order valence-electron chi connectivity index (χ2n) is 10.2. The molecule has 2 aromatic carbocycles. The molecule has 2 heterocycles. The molecule has 0 bridgehead atoms. The maximum atomic E-state index is 13.1. The molecule has 2 aliphatic rings. The standard InChI is InChI=1S/C30H42N4O4/c1-37-19-17-32-13-15-34(16-14-32)30(36)21-26-10-11-28-27(20-26)23-33(22-25-8-4-2-5-9-25)24-29(35)31-12-6-3-7-18-38-28/h2,4-5,8-11,20H,3,6-7,12-19,21-24H2,1H3,(H,31,35). The van der Waals surface area contributed by atoms with Gasteiger partial charge in [-0.2, -0.15) is 0 Å². The lowest BCUT2D eigenvalue weighted by Gasteiger charge is -2.34. The molecular formula is C30H42N4O4. The minimum atomic E-state index is 0.0404. The molecule has 0 radical (unpaired) electrons. The Bertz CT molecular complexity index is 1020. The topological polar surface area (TPSA) is 74.4 Å². The second kappa shape index (κ2) is 14.9. The monoisotopic (exact) mass is 522 g/mol. The molecule has 38 heavy (non-hydrogen) atoms. The molecule has 8 nitrogen and oxygen atoms in total. The summed E-state index contributed by atoms with van der Waals surface area (Å²) in [5.41, 5.74) is 3.15. The molecular weight excluding hydrogens is 480 g/mol. The Hall–Kier alpha value is -2.94. The molecule has 2 aromatic rings. The lowest BCUT2D eigenvalue weighted by Crippen LogP contribution is -2.49. The lowest BCUT2D eigenvalue weighted by molar-refractivity contribution is -0.132. The first-order chi connectivity index (χ1) is 18.6. The van der Waals surface area contributed by atoms with E-state index in [1.54, 1.807) is 7.11 Å². The van der Waals surface area contributed by atoms with Crippen LogP contribution in [0.4, 0.5) is 0 Å². The van der Waals surface area contributed by atoms with Gasteiger partial charge < -0.3 is 19.7 Å². The van der Waals surface area contributed by atoms with Crippen LogP contribution in [0, 0.1) is 0 Å². The van der Waals surface area contributed by atoms with Crippen LogP contribution in [-0.4, -0.2) is 92.7 Å². The first kappa shape index (κ1) is 28.1. The lowest BCUT2D eigenvalue weighted by atomic mass is 10.0. The zero-order valence-corrected chi connectivity index (χ0v) is 22.7. The van der Waals surface area contributed by atoms with Crippen molar-refractivity contribution in [2.45, 2.75) is 38.8 Å². The van der Waals surface area contributed by atoms with Gasteiger partial charge in [0.15, 0.2) is 0 Å². The van der Waals surface area contributed by atoms with Crippen LogP contribution in [0.5, 0.6) is 5.75 Å². The van der Waals surface area contributed by atoms with E-state index < -0.39 is 0 Å². The summed E-state index contributed by atoms with van der Waals surface area (Å²) in [5.74, 6) is 1.03. The second-order valence-corrected chi connectivity index (χ2v) is 10.2. The van der Waals surface area contributed by atoms with E-state index in [1.165, 1.54) is 0 Å². The molecule has 0 spiro atoms. The molecule has 0 unspecified atom stereocenters. The number of fused-ring (bicyclic) bond motifs is 1. The molecule has 4 rings (SSSR count). The van der Waals surface area contributed by atoms with E-state index in [1.807, 2.05) is 35.2 Å². The molecule has 2 aliphatic heterocycles. The third kappa shape index (κ3) is 8.82. The van der Waals surface area contributed by atoms with Crippen molar-refractivity contribution >= 4 is 11.8 Å². The maximum Gasteiger partial charge on any atom is 0.234 e. The normalized spacial score (nSPS) is 18.3. The molecule has 1 saturated heterocycles. The van der Waals surface area contributed by atoms with Gasteiger partial charge in [-0.15, -0.1) is 0 Å². The number of hydrogen-bond donors (Lipinski definition) is 1. The number of amides is 2. The molecule has 0 saturated carbocycles. The van der Waals surface area contributed by atoms with Crippen molar-refractivity contribution in [1.82, 2.24) is 20.0 Å². The summed E-state index contributed by atoms with van der Waals surface area (Å²) in [5, 5.41) is 3.07. The Kier molecular flexibility index (Phi) is 11.0. The number of carbonyl (C=O) groups excluding carboxylic acids is 2. The summed E-state index contributed by atoms with van der Waals surface area (Å²) in [6, 6.07) is 16.3. The summed E-state index contributed by atoms with van der Waals surface area (Å²) < 4.78 is 11.4. The molecule has 206 valence electrons. The number of rotatable bonds is 7. The SMILES string of the molecule is COCCN1CCN(C(=O)Cc2ccc3c(c2)CN(Cc2ccccc2)CC(=O)NCCCCCO3)CC1. The van der Waals surface area contributed by atoms with Gasteiger partial charge in [0.25, 0.3) is 0 Å². The number of nitrogens with zero attached hydrogens (tertiary/aromatic N) is 3. The van der Waals surface area contributed by atoms with E-state index in [-0.39, 0.29) is 11.8 Å². The van der Waals surface area contributed by atoms with Crippen LogP contribution in [0.25, 0.3) is 0 Å². The summed E-state index contributed by atoms with van der Waals surface area (Å²) in [6.45, 7) is 7.74. The van der Waals surface area contributed by atoms with Crippen molar-refractivity contribution in [2.24, 2.45) is 0 Å². The minimum absolute atomic E-state index is 0.0404. The van der Waals surface area contributed by atoms with Crippen LogP contribution in [0.1, 0.15) is 36.0 Å². The molecule has 1 fully saturated rings. The molecule has 2 amide bonds. The Balaban J connectivity index is 1.47.